The van der Waals surface area contributed by atoms with Gasteiger partial charge in [-0.15, -0.1) is 0 Å². The molecule has 4 heterocycles. The highest BCUT2D eigenvalue weighted by atomic mass is 35.5. The molecule has 2 aromatic carbocycles. The van der Waals surface area contributed by atoms with Crippen LogP contribution in [0.3, 0.4) is 0 Å². The van der Waals surface area contributed by atoms with Gasteiger partial charge in [0.25, 0.3) is 5.91 Å². The molecule has 2 saturated heterocycles. The van der Waals surface area contributed by atoms with E-state index in [0.29, 0.717) is 24.7 Å². The van der Waals surface area contributed by atoms with Gasteiger partial charge in [0.1, 0.15) is 4.75 Å². The SMILES string of the molecule is CN1C[C@@H](c2ccc(Cl)cc2)[C@@]2(SC3=NCCCN3C2=O)[C@@]12C(=O)Nc1ccccc12. The molecule has 0 aromatic heterocycles. The first-order valence-electron chi connectivity index (χ1n) is 10.4. The van der Waals surface area contributed by atoms with Crippen molar-refractivity contribution in [1.82, 2.24) is 9.80 Å². The molecule has 2 fully saturated rings. The van der Waals surface area contributed by atoms with E-state index >= 15 is 0 Å². The second kappa shape index (κ2) is 6.58. The van der Waals surface area contributed by atoms with Crippen LogP contribution in [0.2, 0.25) is 5.02 Å². The number of carbonyl (C=O) groups excluding carboxylic acids is 2. The van der Waals surface area contributed by atoms with E-state index in [-0.39, 0.29) is 17.7 Å². The molecule has 6 nitrogen and oxygen atoms in total. The third-order valence-electron chi connectivity index (χ3n) is 7.06. The van der Waals surface area contributed by atoms with Gasteiger partial charge >= 0.3 is 0 Å². The largest absolute Gasteiger partial charge is 0.324 e. The zero-order valence-electron chi connectivity index (χ0n) is 17.0. The van der Waals surface area contributed by atoms with E-state index in [2.05, 4.69) is 15.2 Å². The number of rotatable bonds is 1. The lowest BCUT2D eigenvalue weighted by molar-refractivity contribution is -0.138. The molecular weight excluding hydrogens is 432 g/mol. The van der Waals surface area contributed by atoms with Gasteiger partial charge in [-0.05, 0) is 37.2 Å². The monoisotopic (exact) mass is 452 g/mol. The summed E-state index contributed by atoms with van der Waals surface area (Å²) in [5.74, 6) is -0.362. The van der Waals surface area contributed by atoms with Crippen LogP contribution in [-0.2, 0) is 15.1 Å². The maximum absolute atomic E-state index is 14.3. The number of amides is 2. The van der Waals surface area contributed by atoms with E-state index < -0.39 is 10.3 Å². The van der Waals surface area contributed by atoms with Gasteiger partial charge < -0.3 is 5.32 Å². The van der Waals surface area contributed by atoms with Crippen LogP contribution in [0.5, 0.6) is 0 Å². The highest BCUT2D eigenvalue weighted by Gasteiger charge is 2.77. The zero-order chi connectivity index (χ0) is 21.4. The quantitative estimate of drug-likeness (QED) is 0.721. The summed E-state index contributed by atoms with van der Waals surface area (Å²) in [7, 11) is 1.95. The van der Waals surface area contributed by atoms with Gasteiger partial charge in [-0.2, -0.15) is 0 Å². The Bertz CT molecular complexity index is 1150. The van der Waals surface area contributed by atoms with Crippen LogP contribution >= 0.6 is 23.4 Å². The first-order valence-corrected chi connectivity index (χ1v) is 11.6. The molecule has 31 heavy (non-hydrogen) atoms. The minimum atomic E-state index is -1.12. The average molecular weight is 453 g/mol. The standard InChI is InChI=1S/C23H21ClN4O2S/c1-27-13-17(14-7-9-15(24)10-8-14)23(20(30)28-12-4-11-25-21(28)31-23)22(27)16-5-2-3-6-18(16)26-19(22)29/h2-3,5-10,17H,4,11-13H2,1H3,(H,26,29)/t17-,22+,23-/m0/s1. The van der Waals surface area contributed by atoms with E-state index in [9.17, 15) is 9.59 Å². The van der Waals surface area contributed by atoms with Crippen LogP contribution in [0, 0.1) is 0 Å². The van der Waals surface area contributed by atoms with Crippen molar-refractivity contribution in [1.29, 1.82) is 0 Å². The summed E-state index contributed by atoms with van der Waals surface area (Å²) in [5, 5.41) is 4.46. The predicted molar refractivity (Wildman–Crippen MR) is 123 cm³/mol. The molecule has 0 unspecified atom stereocenters. The number of aliphatic imine (C=N–C) groups is 1. The Morgan fingerprint density at radius 3 is 2.71 bits per heavy atom. The molecule has 2 aromatic rings. The van der Waals surface area contributed by atoms with Crippen LogP contribution in [0.4, 0.5) is 5.69 Å². The summed E-state index contributed by atoms with van der Waals surface area (Å²) in [4.78, 5) is 36.6. The first kappa shape index (κ1) is 19.3. The molecule has 0 saturated carbocycles. The molecule has 0 aliphatic carbocycles. The predicted octanol–water partition coefficient (Wildman–Crippen LogP) is 3.29. The average Bonchev–Trinajstić information content (AvgIpc) is 3.34. The van der Waals surface area contributed by atoms with Crippen LogP contribution < -0.4 is 5.32 Å². The van der Waals surface area contributed by atoms with Gasteiger partial charge in [-0.25, -0.2) is 0 Å². The number of fused-ring (bicyclic) bond motifs is 4. The van der Waals surface area contributed by atoms with E-state index in [4.69, 9.17) is 11.6 Å². The number of likely N-dealkylation sites (N-methyl/N-ethyl adjacent to an activating group) is 1. The van der Waals surface area contributed by atoms with Crippen LogP contribution in [-0.4, -0.2) is 58.2 Å². The third kappa shape index (κ3) is 2.26. The highest BCUT2D eigenvalue weighted by molar-refractivity contribution is 8.16. The Hall–Kier alpha value is -2.35. The molecular formula is C23H21ClN4O2S. The summed E-state index contributed by atoms with van der Waals surface area (Å²) < 4.78 is -1.05. The minimum absolute atomic E-state index is 0.0212. The molecule has 4 aliphatic heterocycles. The molecule has 0 radical (unpaired) electrons. The number of benzene rings is 2. The zero-order valence-corrected chi connectivity index (χ0v) is 18.5. The van der Waals surface area contributed by atoms with E-state index in [0.717, 1.165) is 28.4 Å². The Balaban J connectivity index is 1.64. The molecule has 3 atom stereocenters. The van der Waals surface area contributed by atoms with Gasteiger partial charge in [-0.3, -0.25) is 24.4 Å². The van der Waals surface area contributed by atoms with Crippen molar-refractivity contribution in [2.24, 2.45) is 4.99 Å². The lowest BCUT2D eigenvalue weighted by Crippen LogP contribution is -2.61. The number of thioether (sulfide) groups is 1. The minimum Gasteiger partial charge on any atom is -0.324 e. The number of hydrogen-bond donors (Lipinski definition) is 1. The van der Waals surface area contributed by atoms with Crippen molar-refractivity contribution in [3.63, 3.8) is 0 Å². The summed E-state index contributed by atoms with van der Waals surface area (Å²) in [6.45, 7) is 1.92. The number of carbonyl (C=O) groups is 2. The number of nitrogens with one attached hydrogen (secondary N) is 1. The van der Waals surface area contributed by atoms with Crippen molar-refractivity contribution in [2.75, 3.05) is 32.0 Å². The van der Waals surface area contributed by atoms with Crippen LogP contribution in [0.25, 0.3) is 0 Å². The molecule has 158 valence electrons. The molecule has 2 amide bonds. The smallest absolute Gasteiger partial charge is 0.251 e. The molecule has 6 rings (SSSR count). The maximum Gasteiger partial charge on any atom is 0.251 e. The summed E-state index contributed by atoms with van der Waals surface area (Å²) in [6.07, 6.45) is 0.836. The fourth-order valence-electron chi connectivity index (χ4n) is 5.80. The number of amidine groups is 1. The second-order valence-electron chi connectivity index (χ2n) is 8.51. The summed E-state index contributed by atoms with van der Waals surface area (Å²) in [6, 6.07) is 15.4. The van der Waals surface area contributed by atoms with Crippen molar-refractivity contribution >= 4 is 46.0 Å². The number of hydrogen-bond acceptors (Lipinski definition) is 5. The van der Waals surface area contributed by atoms with Crippen molar-refractivity contribution in [3.8, 4) is 0 Å². The number of anilines is 1. The molecule has 0 bridgehead atoms. The normalized spacial score (nSPS) is 31.9. The summed E-state index contributed by atoms with van der Waals surface area (Å²) in [5.41, 5.74) is 1.53. The Morgan fingerprint density at radius 2 is 1.94 bits per heavy atom. The number of halogens is 1. The van der Waals surface area contributed by atoms with Gasteiger partial charge in [0, 0.05) is 41.8 Å². The Labute approximate surface area is 189 Å². The van der Waals surface area contributed by atoms with Gasteiger partial charge in [0.15, 0.2) is 10.7 Å². The Morgan fingerprint density at radius 1 is 1.16 bits per heavy atom. The van der Waals surface area contributed by atoms with E-state index in [1.807, 2.05) is 55.6 Å². The number of likely N-dealkylation sites (tertiary alicyclic amines) is 1. The molecule has 1 N–H and O–H groups in total. The molecule has 8 heteroatoms. The van der Waals surface area contributed by atoms with E-state index in [1.165, 1.54) is 11.8 Å². The summed E-state index contributed by atoms with van der Waals surface area (Å²) >= 11 is 7.64. The van der Waals surface area contributed by atoms with Gasteiger partial charge in [0.05, 0.1) is 0 Å². The number of para-hydroxylation sites is 1. The molecule has 2 spiro atoms. The van der Waals surface area contributed by atoms with Gasteiger partial charge in [-0.1, -0.05) is 53.7 Å². The maximum atomic E-state index is 14.3. The lowest BCUT2D eigenvalue weighted by atomic mass is 9.72. The molecule has 4 aliphatic rings. The van der Waals surface area contributed by atoms with Gasteiger partial charge in [0.2, 0.25) is 5.91 Å². The third-order valence-corrected chi connectivity index (χ3v) is 8.92. The number of nitrogens with zero attached hydrogens (tertiary/aromatic N) is 3. The lowest BCUT2D eigenvalue weighted by Gasteiger charge is -2.41. The van der Waals surface area contributed by atoms with Crippen molar-refractivity contribution < 1.29 is 9.59 Å². The first-order chi connectivity index (χ1) is 15.0. The topological polar surface area (TPSA) is 65.0 Å². The Kier molecular flexibility index (Phi) is 4.10. The van der Waals surface area contributed by atoms with Crippen LogP contribution in [0.1, 0.15) is 23.5 Å². The van der Waals surface area contributed by atoms with E-state index in [1.54, 1.807) is 4.90 Å². The van der Waals surface area contributed by atoms with Crippen molar-refractivity contribution in [3.05, 3.63) is 64.7 Å². The fourth-order valence-corrected chi connectivity index (χ4v) is 7.71. The fraction of sp³-hybridized carbons (Fsp3) is 0.348. The highest BCUT2D eigenvalue weighted by Crippen LogP contribution is 2.65. The van der Waals surface area contributed by atoms with Crippen LogP contribution in [0.15, 0.2) is 53.5 Å². The second-order valence-corrected chi connectivity index (χ2v) is 10.2. The van der Waals surface area contributed by atoms with Crippen molar-refractivity contribution in [2.45, 2.75) is 22.6 Å².